The second-order valence-electron chi connectivity index (χ2n) is 7.48. The molecule has 2 amide bonds. The first kappa shape index (κ1) is 20.2. The van der Waals surface area contributed by atoms with Gasteiger partial charge in [-0.3, -0.25) is 4.98 Å². The molecular formula is C23H22FN3O5. The minimum atomic E-state index is -0.605. The molecule has 1 saturated carbocycles. The lowest BCUT2D eigenvalue weighted by Crippen LogP contribution is -2.30. The molecule has 0 unspecified atom stereocenters. The first-order valence-corrected chi connectivity index (χ1v) is 10.5. The SMILES string of the molecule is CCOc1cc2nccc(Oc3ccc(NC(=O)NC4CC4)c(F)c3)c2c2c1OCCO2. The highest BCUT2D eigenvalue weighted by Crippen LogP contribution is 2.48. The van der Waals surface area contributed by atoms with Crippen molar-refractivity contribution >= 4 is 22.6 Å². The first-order chi connectivity index (χ1) is 15.6. The molecule has 2 aliphatic rings. The van der Waals surface area contributed by atoms with Crippen LogP contribution in [-0.2, 0) is 0 Å². The summed E-state index contributed by atoms with van der Waals surface area (Å²) in [7, 11) is 0. The Morgan fingerprint density at radius 3 is 2.72 bits per heavy atom. The molecule has 1 fully saturated rings. The Hall–Kier alpha value is -3.75. The molecule has 0 saturated heterocycles. The van der Waals surface area contributed by atoms with Gasteiger partial charge in [-0.2, -0.15) is 0 Å². The molecule has 9 heteroatoms. The molecule has 3 aromatic rings. The number of amides is 2. The predicted octanol–water partition coefficient (Wildman–Crippen LogP) is 4.62. The zero-order valence-electron chi connectivity index (χ0n) is 17.4. The van der Waals surface area contributed by atoms with Crippen molar-refractivity contribution in [2.45, 2.75) is 25.8 Å². The fourth-order valence-electron chi connectivity index (χ4n) is 3.48. The van der Waals surface area contributed by atoms with Crippen LogP contribution in [0.1, 0.15) is 19.8 Å². The van der Waals surface area contributed by atoms with Crippen LogP contribution in [0.5, 0.6) is 28.7 Å². The van der Waals surface area contributed by atoms with Crippen LogP contribution in [0.2, 0.25) is 0 Å². The summed E-state index contributed by atoms with van der Waals surface area (Å²) in [5, 5.41) is 5.88. The van der Waals surface area contributed by atoms with Crippen LogP contribution in [-0.4, -0.2) is 36.9 Å². The van der Waals surface area contributed by atoms with Crippen molar-refractivity contribution in [3.05, 3.63) is 42.3 Å². The summed E-state index contributed by atoms with van der Waals surface area (Å²) in [6, 6.07) is 7.47. The number of pyridine rings is 1. The molecule has 2 aromatic carbocycles. The third-order valence-corrected chi connectivity index (χ3v) is 5.07. The van der Waals surface area contributed by atoms with E-state index in [1.165, 1.54) is 12.1 Å². The van der Waals surface area contributed by atoms with E-state index in [0.717, 1.165) is 12.8 Å². The molecule has 1 aliphatic carbocycles. The molecule has 5 rings (SSSR count). The number of nitrogens with one attached hydrogen (secondary N) is 2. The van der Waals surface area contributed by atoms with Crippen molar-refractivity contribution in [2.24, 2.45) is 0 Å². The minimum Gasteiger partial charge on any atom is -0.490 e. The summed E-state index contributed by atoms with van der Waals surface area (Å²) >= 11 is 0. The molecule has 2 N–H and O–H groups in total. The number of benzene rings is 2. The van der Waals surface area contributed by atoms with Gasteiger partial charge in [0.15, 0.2) is 11.5 Å². The Bertz CT molecular complexity index is 1180. The summed E-state index contributed by atoms with van der Waals surface area (Å²) in [4.78, 5) is 16.3. The highest BCUT2D eigenvalue weighted by atomic mass is 19.1. The van der Waals surface area contributed by atoms with Gasteiger partial charge in [-0.15, -0.1) is 0 Å². The van der Waals surface area contributed by atoms with Gasteiger partial charge in [-0.05, 0) is 38.0 Å². The van der Waals surface area contributed by atoms with E-state index < -0.39 is 11.8 Å². The molecule has 32 heavy (non-hydrogen) atoms. The van der Waals surface area contributed by atoms with Crippen LogP contribution in [0.4, 0.5) is 14.9 Å². The highest BCUT2D eigenvalue weighted by Gasteiger charge is 2.25. The molecule has 1 aromatic heterocycles. The number of aromatic nitrogens is 1. The summed E-state index contributed by atoms with van der Waals surface area (Å²) in [6.45, 7) is 3.14. The Kier molecular flexibility index (Phi) is 5.30. The van der Waals surface area contributed by atoms with E-state index in [0.29, 0.717) is 53.7 Å². The highest BCUT2D eigenvalue weighted by molar-refractivity contribution is 5.95. The topological polar surface area (TPSA) is 90.9 Å². The fraction of sp³-hybridized carbons (Fsp3) is 0.304. The zero-order valence-corrected chi connectivity index (χ0v) is 17.4. The van der Waals surface area contributed by atoms with Crippen LogP contribution in [0, 0.1) is 5.82 Å². The number of anilines is 1. The van der Waals surface area contributed by atoms with Crippen LogP contribution < -0.4 is 29.6 Å². The largest absolute Gasteiger partial charge is 0.490 e. The molecule has 0 atom stereocenters. The average molecular weight is 439 g/mol. The Morgan fingerprint density at radius 2 is 1.97 bits per heavy atom. The van der Waals surface area contributed by atoms with Crippen molar-refractivity contribution in [3.63, 3.8) is 0 Å². The second kappa shape index (κ2) is 8.41. The summed E-state index contributed by atoms with van der Waals surface area (Å²) in [5.74, 6) is 1.62. The number of nitrogens with zero attached hydrogens (tertiary/aromatic N) is 1. The van der Waals surface area contributed by atoms with Gasteiger partial charge in [-0.25, -0.2) is 9.18 Å². The molecule has 8 nitrogen and oxygen atoms in total. The molecule has 0 bridgehead atoms. The number of carbonyl (C=O) groups is 1. The monoisotopic (exact) mass is 439 g/mol. The van der Waals surface area contributed by atoms with Crippen LogP contribution in [0.25, 0.3) is 10.9 Å². The fourth-order valence-corrected chi connectivity index (χ4v) is 3.48. The molecule has 166 valence electrons. The van der Waals surface area contributed by atoms with E-state index in [1.807, 2.05) is 6.92 Å². The molecule has 2 heterocycles. The van der Waals surface area contributed by atoms with E-state index >= 15 is 0 Å². The standard InChI is InChI=1S/C23H22FN3O5/c1-2-29-19-12-17-20(22-21(19)30-9-10-31-22)18(7-8-25-17)32-14-5-6-16(15(24)11-14)27-23(28)26-13-3-4-13/h5-8,11-13H,2-4,9-10H2,1H3,(H2,26,27,28). The maximum absolute atomic E-state index is 14.6. The van der Waals surface area contributed by atoms with Gasteiger partial charge in [0.2, 0.25) is 5.75 Å². The predicted molar refractivity (Wildman–Crippen MR) is 116 cm³/mol. The Labute approximate surface area is 183 Å². The lowest BCUT2D eigenvalue weighted by molar-refractivity contribution is 0.165. The van der Waals surface area contributed by atoms with E-state index in [4.69, 9.17) is 18.9 Å². The number of rotatable bonds is 6. The molecular weight excluding hydrogens is 417 g/mol. The van der Waals surface area contributed by atoms with E-state index in [1.54, 1.807) is 24.4 Å². The van der Waals surface area contributed by atoms with E-state index in [-0.39, 0.29) is 17.5 Å². The summed E-state index contributed by atoms with van der Waals surface area (Å²) in [6.07, 6.45) is 3.50. The number of urea groups is 1. The third-order valence-electron chi connectivity index (χ3n) is 5.07. The quantitative estimate of drug-likeness (QED) is 0.583. The maximum Gasteiger partial charge on any atom is 0.319 e. The number of hydrogen-bond acceptors (Lipinski definition) is 6. The maximum atomic E-state index is 14.6. The summed E-state index contributed by atoms with van der Waals surface area (Å²) < 4.78 is 37.9. The zero-order chi connectivity index (χ0) is 22.1. The normalized spacial score (nSPS) is 14.7. The van der Waals surface area contributed by atoms with Crippen LogP contribution in [0.3, 0.4) is 0 Å². The number of fused-ring (bicyclic) bond motifs is 3. The van der Waals surface area contributed by atoms with E-state index in [2.05, 4.69) is 15.6 Å². The van der Waals surface area contributed by atoms with Gasteiger partial charge in [0.25, 0.3) is 0 Å². The Balaban J connectivity index is 1.45. The number of hydrogen-bond donors (Lipinski definition) is 2. The lowest BCUT2D eigenvalue weighted by atomic mass is 10.1. The van der Waals surface area contributed by atoms with Gasteiger partial charge >= 0.3 is 6.03 Å². The van der Waals surface area contributed by atoms with Crippen LogP contribution >= 0.6 is 0 Å². The van der Waals surface area contributed by atoms with Gasteiger partial charge in [-0.1, -0.05) is 0 Å². The average Bonchev–Trinajstić information content (AvgIpc) is 3.60. The van der Waals surface area contributed by atoms with Gasteiger partial charge < -0.3 is 29.6 Å². The second-order valence-corrected chi connectivity index (χ2v) is 7.48. The van der Waals surface area contributed by atoms with Gasteiger partial charge in [0, 0.05) is 24.4 Å². The number of ether oxygens (including phenoxy) is 4. The van der Waals surface area contributed by atoms with Crippen molar-refractivity contribution < 1.29 is 28.1 Å². The first-order valence-electron chi connectivity index (χ1n) is 10.5. The van der Waals surface area contributed by atoms with Crippen LogP contribution in [0.15, 0.2) is 36.5 Å². The van der Waals surface area contributed by atoms with Crippen molar-refractivity contribution in [2.75, 3.05) is 25.1 Å². The number of halogens is 1. The molecule has 0 radical (unpaired) electrons. The molecule has 1 aliphatic heterocycles. The van der Waals surface area contributed by atoms with Gasteiger partial charge in [0.05, 0.1) is 23.2 Å². The van der Waals surface area contributed by atoms with E-state index in [9.17, 15) is 9.18 Å². The van der Waals surface area contributed by atoms with Crippen molar-refractivity contribution in [1.82, 2.24) is 10.3 Å². The third kappa shape index (κ3) is 4.05. The van der Waals surface area contributed by atoms with Crippen molar-refractivity contribution in [1.29, 1.82) is 0 Å². The lowest BCUT2D eigenvalue weighted by Gasteiger charge is -2.23. The molecule has 0 spiro atoms. The summed E-state index contributed by atoms with van der Waals surface area (Å²) in [5.41, 5.74) is 0.677. The van der Waals surface area contributed by atoms with Gasteiger partial charge in [0.1, 0.15) is 30.5 Å². The Morgan fingerprint density at radius 1 is 1.16 bits per heavy atom. The smallest absolute Gasteiger partial charge is 0.319 e. The number of carbonyl (C=O) groups excluding carboxylic acids is 1. The minimum absolute atomic E-state index is 0.0746. The van der Waals surface area contributed by atoms with Crippen molar-refractivity contribution in [3.8, 4) is 28.7 Å².